The summed E-state index contributed by atoms with van der Waals surface area (Å²) in [5.41, 5.74) is -0.876. The van der Waals surface area contributed by atoms with Gasteiger partial charge in [-0.3, -0.25) is 0 Å². The van der Waals surface area contributed by atoms with Crippen LogP contribution in [0, 0.1) is 0 Å². The Morgan fingerprint density at radius 3 is 2.33 bits per heavy atom. The summed E-state index contributed by atoms with van der Waals surface area (Å²) in [7, 11) is -3.54. The second-order valence-corrected chi connectivity index (χ2v) is 5.83. The third kappa shape index (κ3) is 3.54. The Labute approximate surface area is 107 Å². The molecule has 100 valence electrons. The van der Waals surface area contributed by atoms with Gasteiger partial charge in [0.05, 0.1) is 12.9 Å². The Morgan fingerprint density at radius 2 is 1.89 bits per heavy atom. The molecular weight excluding hydrogens is 254 g/mol. The normalized spacial score (nSPS) is 14.8. The van der Waals surface area contributed by atoms with Crippen molar-refractivity contribution >= 4 is 16.0 Å². The summed E-state index contributed by atoms with van der Waals surface area (Å²) in [6, 6.07) is 8.60. The summed E-state index contributed by atoms with van der Waals surface area (Å²) in [6.45, 7) is 3.35. The fourth-order valence-electron chi connectivity index (χ4n) is 1.64. The van der Waals surface area contributed by atoms with Crippen molar-refractivity contribution in [1.29, 1.82) is 0 Å². The maximum Gasteiger partial charge on any atom is 0.331 e. The van der Waals surface area contributed by atoms with Gasteiger partial charge in [0.2, 0.25) is 10.0 Å². The van der Waals surface area contributed by atoms with Gasteiger partial charge in [0.1, 0.15) is 0 Å². The van der Waals surface area contributed by atoms with Gasteiger partial charge in [-0.05, 0) is 19.4 Å². The van der Waals surface area contributed by atoms with Crippen LogP contribution < -0.4 is 4.72 Å². The van der Waals surface area contributed by atoms with Gasteiger partial charge >= 0.3 is 5.97 Å². The van der Waals surface area contributed by atoms with E-state index in [2.05, 4.69) is 4.72 Å². The highest BCUT2D eigenvalue weighted by atomic mass is 32.2. The molecule has 0 saturated heterocycles. The number of sulfonamides is 1. The van der Waals surface area contributed by atoms with Crippen molar-refractivity contribution in [3.8, 4) is 0 Å². The number of benzene rings is 1. The van der Waals surface area contributed by atoms with Gasteiger partial charge in [-0.2, -0.15) is 4.72 Å². The van der Waals surface area contributed by atoms with Gasteiger partial charge in [0.25, 0.3) is 0 Å². The number of carbonyl (C=O) groups excluding carboxylic acids is 1. The lowest BCUT2D eigenvalue weighted by molar-refractivity contribution is -0.150. The van der Waals surface area contributed by atoms with E-state index >= 15 is 0 Å². The molecule has 0 radical (unpaired) electrons. The van der Waals surface area contributed by atoms with E-state index in [0.29, 0.717) is 5.56 Å². The number of carbonyl (C=O) groups is 1. The van der Waals surface area contributed by atoms with Gasteiger partial charge in [0, 0.05) is 0 Å². The van der Waals surface area contributed by atoms with Crippen LogP contribution in [0.5, 0.6) is 0 Å². The van der Waals surface area contributed by atoms with Crippen LogP contribution in [0.1, 0.15) is 19.4 Å². The first-order valence-electron chi connectivity index (χ1n) is 5.51. The monoisotopic (exact) mass is 271 g/mol. The number of nitrogens with one attached hydrogen (secondary N) is 1. The van der Waals surface area contributed by atoms with E-state index in [1.807, 2.05) is 0 Å². The summed E-state index contributed by atoms with van der Waals surface area (Å²) in [6.07, 6.45) is 1.01. The van der Waals surface area contributed by atoms with E-state index in [9.17, 15) is 13.2 Å². The van der Waals surface area contributed by atoms with Crippen molar-refractivity contribution in [1.82, 2.24) is 4.72 Å². The molecule has 5 nitrogen and oxygen atoms in total. The quantitative estimate of drug-likeness (QED) is 0.811. The SMILES string of the molecule is CCOC(=O)[C@](C)(NS(C)(=O)=O)c1ccccc1. The lowest BCUT2D eigenvalue weighted by Gasteiger charge is -2.27. The van der Waals surface area contributed by atoms with Crippen LogP contribution in [0.25, 0.3) is 0 Å². The van der Waals surface area contributed by atoms with Gasteiger partial charge < -0.3 is 4.74 Å². The van der Waals surface area contributed by atoms with Crippen molar-refractivity contribution in [3.05, 3.63) is 35.9 Å². The minimum Gasteiger partial charge on any atom is -0.464 e. The topological polar surface area (TPSA) is 72.5 Å². The van der Waals surface area contributed by atoms with Crippen LogP contribution in [0.15, 0.2) is 30.3 Å². The Morgan fingerprint density at radius 1 is 1.33 bits per heavy atom. The Kier molecular flexibility index (Phi) is 4.48. The van der Waals surface area contributed by atoms with E-state index in [1.54, 1.807) is 37.3 Å². The molecule has 0 unspecified atom stereocenters. The van der Waals surface area contributed by atoms with Crippen LogP contribution in [-0.2, 0) is 25.1 Å². The first-order chi connectivity index (χ1) is 8.29. The molecule has 0 saturated carbocycles. The summed E-state index contributed by atoms with van der Waals surface area (Å²) in [5.74, 6) is -0.623. The van der Waals surface area contributed by atoms with Gasteiger partial charge in [-0.15, -0.1) is 0 Å². The molecule has 0 spiro atoms. The van der Waals surface area contributed by atoms with E-state index in [-0.39, 0.29) is 6.61 Å². The molecular formula is C12H17NO4S. The number of esters is 1. The predicted octanol–water partition coefficient (Wildman–Crippen LogP) is 1.01. The molecule has 0 aliphatic rings. The lowest BCUT2D eigenvalue weighted by atomic mass is 9.93. The number of hydrogen-bond donors (Lipinski definition) is 1. The van der Waals surface area contributed by atoms with Crippen molar-refractivity contribution in [3.63, 3.8) is 0 Å². The Bertz CT molecular complexity index is 512. The molecule has 0 aliphatic heterocycles. The van der Waals surface area contributed by atoms with Crippen LogP contribution in [0.2, 0.25) is 0 Å². The van der Waals surface area contributed by atoms with Crippen molar-refractivity contribution in [2.75, 3.05) is 12.9 Å². The second-order valence-electron chi connectivity index (χ2n) is 4.09. The molecule has 0 fully saturated rings. The zero-order valence-electron chi connectivity index (χ0n) is 10.6. The first kappa shape index (κ1) is 14.7. The average Bonchev–Trinajstić information content (AvgIpc) is 2.28. The Hall–Kier alpha value is -1.40. The maximum absolute atomic E-state index is 12.0. The molecule has 0 bridgehead atoms. The minimum atomic E-state index is -3.54. The van der Waals surface area contributed by atoms with Crippen LogP contribution in [0.3, 0.4) is 0 Å². The number of hydrogen-bond acceptors (Lipinski definition) is 4. The van der Waals surface area contributed by atoms with E-state index < -0.39 is 21.5 Å². The lowest BCUT2D eigenvalue weighted by Crippen LogP contribution is -2.50. The molecule has 1 aromatic carbocycles. The smallest absolute Gasteiger partial charge is 0.331 e. The second kappa shape index (κ2) is 5.49. The highest BCUT2D eigenvalue weighted by molar-refractivity contribution is 7.88. The highest BCUT2D eigenvalue weighted by Gasteiger charge is 2.39. The van der Waals surface area contributed by atoms with Crippen molar-refractivity contribution in [2.24, 2.45) is 0 Å². The van der Waals surface area contributed by atoms with Crippen LogP contribution >= 0.6 is 0 Å². The zero-order valence-corrected chi connectivity index (χ0v) is 11.5. The summed E-state index contributed by atoms with van der Waals surface area (Å²) in [4.78, 5) is 12.0. The third-order valence-corrected chi connectivity index (χ3v) is 3.20. The molecule has 0 amide bonds. The molecule has 1 aromatic rings. The van der Waals surface area contributed by atoms with Gasteiger partial charge in [0.15, 0.2) is 5.54 Å². The van der Waals surface area contributed by atoms with Crippen LogP contribution in [-0.4, -0.2) is 27.2 Å². The maximum atomic E-state index is 12.0. The summed E-state index contributed by atoms with van der Waals surface area (Å²) < 4.78 is 30.1. The van der Waals surface area contributed by atoms with Gasteiger partial charge in [-0.25, -0.2) is 13.2 Å². The zero-order chi connectivity index (χ0) is 13.8. The summed E-state index contributed by atoms with van der Waals surface area (Å²) in [5, 5.41) is 0. The fourth-order valence-corrected chi connectivity index (χ4v) is 2.58. The molecule has 0 heterocycles. The van der Waals surface area contributed by atoms with Gasteiger partial charge in [-0.1, -0.05) is 30.3 Å². The molecule has 1 atom stereocenters. The molecule has 0 aromatic heterocycles. The number of ether oxygens (including phenoxy) is 1. The molecule has 0 aliphatic carbocycles. The average molecular weight is 271 g/mol. The fraction of sp³-hybridized carbons (Fsp3) is 0.417. The minimum absolute atomic E-state index is 0.187. The highest BCUT2D eigenvalue weighted by Crippen LogP contribution is 2.23. The van der Waals surface area contributed by atoms with E-state index in [1.165, 1.54) is 6.92 Å². The van der Waals surface area contributed by atoms with Crippen molar-refractivity contribution in [2.45, 2.75) is 19.4 Å². The van der Waals surface area contributed by atoms with Crippen LogP contribution in [0.4, 0.5) is 0 Å². The first-order valence-corrected chi connectivity index (χ1v) is 7.40. The molecule has 1 rings (SSSR count). The summed E-state index contributed by atoms with van der Waals surface area (Å²) >= 11 is 0. The van der Waals surface area contributed by atoms with Crippen molar-refractivity contribution < 1.29 is 17.9 Å². The Balaban J connectivity index is 3.21. The predicted molar refractivity (Wildman–Crippen MR) is 68.4 cm³/mol. The standard InChI is InChI=1S/C12H17NO4S/c1-4-17-11(14)12(2,13-18(3,15)16)10-8-6-5-7-9-10/h5-9,13H,4H2,1-3H3/t12-/m1/s1. The van der Waals surface area contributed by atoms with E-state index in [0.717, 1.165) is 6.26 Å². The molecule has 1 N–H and O–H groups in total. The van der Waals surface area contributed by atoms with E-state index in [4.69, 9.17) is 4.74 Å². The largest absolute Gasteiger partial charge is 0.464 e. The number of rotatable bonds is 5. The molecule has 6 heteroatoms. The third-order valence-electron chi connectivity index (χ3n) is 2.42. The molecule has 18 heavy (non-hydrogen) atoms.